The molecular formula is C29H26ClF3N8O2S. The van der Waals surface area contributed by atoms with Crippen molar-refractivity contribution in [3.63, 3.8) is 0 Å². The van der Waals surface area contributed by atoms with Crippen LogP contribution in [0, 0.1) is 0 Å². The van der Waals surface area contributed by atoms with Gasteiger partial charge in [-0.15, -0.1) is 5.10 Å². The van der Waals surface area contributed by atoms with Crippen molar-refractivity contribution in [1.82, 2.24) is 19.7 Å². The lowest BCUT2D eigenvalue weighted by Crippen LogP contribution is -2.31. The van der Waals surface area contributed by atoms with E-state index >= 15 is 0 Å². The molecule has 0 spiro atoms. The van der Waals surface area contributed by atoms with Crippen LogP contribution >= 0.6 is 23.4 Å². The number of anilines is 3. The number of nitrogens with zero attached hydrogens (tertiary/aromatic N) is 7. The van der Waals surface area contributed by atoms with E-state index in [1.54, 1.807) is 12.1 Å². The Balaban J connectivity index is 1.34. The summed E-state index contributed by atoms with van der Waals surface area (Å²) >= 11 is 7.63. The molecule has 0 radical (unpaired) electrons. The van der Waals surface area contributed by atoms with E-state index in [9.17, 15) is 22.8 Å². The van der Waals surface area contributed by atoms with Gasteiger partial charge in [0.15, 0.2) is 16.8 Å². The van der Waals surface area contributed by atoms with Crippen LogP contribution in [-0.2, 0) is 11.0 Å². The molecule has 228 valence electrons. The average Bonchev–Trinajstić information content (AvgIpc) is 3.60. The second kappa shape index (κ2) is 12.3. The molecular weight excluding hydrogens is 617 g/mol. The minimum absolute atomic E-state index is 0.124. The van der Waals surface area contributed by atoms with Crippen molar-refractivity contribution < 1.29 is 22.8 Å². The van der Waals surface area contributed by atoms with Crippen molar-refractivity contribution in [2.24, 2.45) is 4.99 Å². The number of nitrogens with one attached hydrogen (secondary N) is 1. The van der Waals surface area contributed by atoms with Crippen molar-refractivity contribution >= 4 is 57.5 Å². The van der Waals surface area contributed by atoms with E-state index in [2.05, 4.69) is 25.4 Å². The molecule has 0 saturated carbocycles. The van der Waals surface area contributed by atoms with Crippen LogP contribution in [-0.4, -0.2) is 56.7 Å². The number of carbonyl (C=O) groups excluding carboxylic acids is 2. The van der Waals surface area contributed by atoms with Gasteiger partial charge in [-0.05, 0) is 53.9 Å². The number of hydrogen-bond donors (Lipinski definition) is 1. The number of thioether (sulfide) groups is 1. The van der Waals surface area contributed by atoms with Crippen molar-refractivity contribution in [3.8, 4) is 17.2 Å². The Kier molecular flexibility index (Phi) is 8.66. The number of halogens is 4. The molecule has 0 bridgehead atoms. The number of rotatable bonds is 6. The smallest absolute Gasteiger partial charge is 0.378 e. The summed E-state index contributed by atoms with van der Waals surface area (Å²) in [6.07, 6.45) is -2.46. The number of benzene rings is 2. The molecule has 1 fully saturated rings. The number of amidine groups is 1. The third-order valence-electron chi connectivity index (χ3n) is 6.63. The van der Waals surface area contributed by atoms with Gasteiger partial charge in [-0.25, -0.2) is 19.4 Å². The molecule has 3 amide bonds. The molecule has 0 unspecified atom stereocenters. The number of aromatic nitrogens is 4. The number of amides is 3. The van der Waals surface area contributed by atoms with E-state index in [-0.39, 0.29) is 45.1 Å². The van der Waals surface area contributed by atoms with Gasteiger partial charge in [-0.2, -0.15) is 18.2 Å². The van der Waals surface area contributed by atoms with Gasteiger partial charge in [0.1, 0.15) is 6.33 Å². The zero-order valence-electron chi connectivity index (χ0n) is 23.9. The normalized spacial score (nSPS) is 14.5. The fourth-order valence-corrected chi connectivity index (χ4v) is 5.44. The molecule has 15 heteroatoms. The fourth-order valence-electron chi connectivity index (χ4n) is 4.35. The number of urea groups is 1. The quantitative estimate of drug-likeness (QED) is 0.245. The summed E-state index contributed by atoms with van der Waals surface area (Å²) in [5, 5.41) is 7.35. The molecule has 3 heterocycles. The second-order valence-corrected chi connectivity index (χ2v) is 11.6. The van der Waals surface area contributed by atoms with Crippen LogP contribution in [0.1, 0.15) is 30.9 Å². The maximum Gasteiger partial charge on any atom is 0.417 e. The predicted molar refractivity (Wildman–Crippen MR) is 166 cm³/mol. The Morgan fingerprint density at radius 3 is 2.52 bits per heavy atom. The number of pyridine rings is 1. The van der Waals surface area contributed by atoms with E-state index in [1.807, 2.05) is 51.0 Å². The highest BCUT2D eigenvalue weighted by molar-refractivity contribution is 8.15. The summed E-state index contributed by atoms with van der Waals surface area (Å²) in [6, 6.07) is 11.9. The Hall–Kier alpha value is -4.43. The molecule has 44 heavy (non-hydrogen) atoms. The van der Waals surface area contributed by atoms with E-state index in [0.29, 0.717) is 11.3 Å². The van der Waals surface area contributed by atoms with Gasteiger partial charge in [0.05, 0.1) is 27.7 Å². The summed E-state index contributed by atoms with van der Waals surface area (Å²) in [6.45, 7) is 4.06. The minimum atomic E-state index is -4.50. The van der Waals surface area contributed by atoms with Crippen LogP contribution in [0.4, 0.5) is 35.0 Å². The van der Waals surface area contributed by atoms with Crippen molar-refractivity contribution in [2.75, 3.05) is 35.0 Å². The SMILES string of the molecule is CC(C)c1ccc(N(C)C)cc1N1C(=O)CSC1=NC(=O)Nc1ccc(-c2ncn(-c3ccc(C(F)(F)F)cn3)n2)cc1Cl. The van der Waals surface area contributed by atoms with Crippen LogP contribution in [0.15, 0.2) is 66.0 Å². The fraction of sp³-hybridized carbons (Fsp3) is 0.241. The van der Waals surface area contributed by atoms with Crippen molar-refractivity contribution in [1.29, 1.82) is 0 Å². The number of alkyl halides is 3. The Morgan fingerprint density at radius 1 is 1.11 bits per heavy atom. The average molecular weight is 643 g/mol. The standard InChI is InChI=1S/C29H26ClF3N8O2S/c1-16(2)20-8-7-19(39(3)4)12-23(20)41-25(42)14-44-28(41)37-27(43)36-22-9-5-17(11-21(22)30)26-35-15-40(38-26)24-10-6-18(13-34-24)29(31,32)33/h5-13,15-16H,14H2,1-4H3,(H,36,43). The molecule has 2 aromatic carbocycles. The lowest BCUT2D eigenvalue weighted by Gasteiger charge is -2.24. The van der Waals surface area contributed by atoms with E-state index < -0.39 is 17.8 Å². The van der Waals surface area contributed by atoms with Gasteiger partial charge < -0.3 is 10.2 Å². The first kappa shape index (κ1) is 31.0. The first-order valence-electron chi connectivity index (χ1n) is 13.2. The first-order chi connectivity index (χ1) is 20.8. The number of aliphatic imine (C=N–C) groups is 1. The lowest BCUT2D eigenvalue weighted by molar-refractivity contribution is -0.137. The highest BCUT2D eigenvalue weighted by Gasteiger charge is 2.33. The van der Waals surface area contributed by atoms with Gasteiger partial charge >= 0.3 is 12.2 Å². The highest BCUT2D eigenvalue weighted by atomic mass is 35.5. The van der Waals surface area contributed by atoms with E-state index in [4.69, 9.17) is 11.6 Å². The third kappa shape index (κ3) is 6.55. The molecule has 5 rings (SSSR count). The Morgan fingerprint density at radius 2 is 1.89 bits per heavy atom. The summed E-state index contributed by atoms with van der Waals surface area (Å²) < 4.78 is 39.8. The topological polar surface area (TPSA) is 109 Å². The maximum absolute atomic E-state index is 13.0. The van der Waals surface area contributed by atoms with E-state index in [1.165, 1.54) is 39.8 Å². The second-order valence-electron chi connectivity index (χ2n) is 10.2. The van der Waals surface area contributed by atoms with Gasteiger partial charge in [-0.3, -0.25) is 9.69 Å². The van der Waals surface area contributed by atoms with Crippen LogP contribution < -0.4 is 15.1 Å². The highest BCUT2D eigenvalue weighted by Crippen LogP contribution is 2.36. The zero-order valence-corrected chi connectivity index (χ0v) is 25.5. The Bertz CT molecular complexity index is 1760. The van der Waals surface area contributed by atoms with Crippen molar-refractivity contribution in [2.45, 2.75) is 25.9 Å². The Labute approximate surface area is 260 Å². The first-order valence-corrected chi connectivity index (χ1v) is 14.6. The summed E-state index contributed by atoms with van der Waals surface area (Å²) in [5.74, 6) is 0.480. The zero-order chi connectivity index (χ0) is 31.8. The predicted octanol–water partition coefficient (Wildman–Crippen LogP) is 6.86. The third-order valence-corrected chi connectivity index (χ3v) is 7.86. The molecule has 1 saturated heterocycles. The van der Waals surface area contributed by atoms with Crippen LogP contribution in [0.25, 0.3) is 17.2 Å². The van der Waals surface area contributed by atoms with Gasteiger partial charge in [0.2, 0.25) is 5.91 Å². The molecule has 10 nitrogen and oxygen atoms in total. The summed E-state index contributed by atoms with van der Waals surface area (Å²) in [4.78, 5) is 41.5. The van der Waals surface area contributed by atoms with Crippen LogP contribution in [0.5, 0.6) is 0 Å². The number of hydrogen-bond acceptors (Lipinski definition) is 7. The summed E-state index contributed by atoms with van der Waals surface area (Å²) in [7, 11) is 3.81. The molecule has 2 aromatic heterocycles. The molecule has 0 aliphatic carbocycles. The van der Waals surface area contributed by atoms with Gasteiger partial charge in [0.25, 0.3) is 0 Å². The largest absolute Gasteiger partial charge is 0.417 e. The molecule has 4 aromatic rings. The van der Waals surface area contributed by atoms with Gasteiger partial charge in [0, 0.05) is 31.5 Å². The van der Waals surface area contributed by atoms with Gasteiger partial charge in [-0.1, -0.05) is 43.3 Å². The number of carbonyl (C=O) groups is 2. The molecule has 1 N–H and O–H groups in total. The minimum Gasteiger partial charge on any atom is -0.378 e. The van der Waals surface area contributed by atoms with Crippen LogP contribution in [0.3, 0.4) is 0 Å². The lowest BCUT2D eigenvalue weighted by atomic mass is 9.99. The van der Waals surface area contributed by atoms with E-state index in [0.717, 1.165) is 23.5 Å². The molecule has 0 atom stereocenters. The van der Waals surface area contributed by atoms with Crippen LogP contribution in [0.2, 0.25) is 5.02 Å². The molecule has 1 aliphatic heterocycles. The monoisotopic (exact) mass is 642 g/mol. The van der Waals surface area contributed by atoms with Crippen molar-refractivity contribution in [3.05, 3.63) is 77.2 Å². The molecule has 1 aliphatic rings. The summed E-state index contributed by atoms with van der Waals surface area (Å²) in [5.41, 5.74) is 2.42. The maximum atomic E-state index is 13.0.